The average Bonchev–Trinajstić information content (AvgIpc) is 2.59. The molecule has 2 aromatic rings. The van der Waals surface area contributed by atoms with Gasteiger partial charge in [-0.15, -0.1) is 0 Å². The van der Waals surface area contributed by atoms with E-state index in [0.717, 1.165) is 0 Å². The Labute approximate surface area is 144 Å². The van der Waals surface area contributed by atoms with Crippen molar-refractivity contribution in [2.24, 2.45) is 0 Å². The van der Waals surface area contributed by atoms with E-state index in [1.165, 1.54) is 18.3 Å². The summed E-state index contributed by atoms with van der Waals surface area (Å²) >= 11 is 0. The van der Waals surface area contributed by atoms with Crippen LogP contribution in [-0.2, 0) is 4.74 Å². The third kappa shape index (κ3) is 3.82. The van der Waals surface area contributed by atoms with Gasteiger partial charge in [-0.1, -0.05) is 12.1 Å². The van der Waals surface area contributed by atoms with Gasteiger partial charge in [-0.3, -0.25) is 10.1 Å². The van der Waals surface area contributed by atoms with Crippen molar-refractivity contribution in [3.63, 3.8) is 0 Å². The molecule has 1 heterocycles. The number of esters is 1. The second kappa shape index (κ2) is 7.56. The van der Waals surface area contributed by atoms with E-state index >= 15 is 0 Å². The first-order valence-electron chi connectivity index (χ1n) is 7.44. The minimum atomic E-state index is -0.607. The summed E-state index contributed by atoms with van der Waals surface area (Å²) in [4.78, 5) is 32.2. The average molecular weight is 346 g/mol. The van der Waals surface area contributed by atoms with Crippen LogP contribution >= 0.6 is 0 Å². The van der Waals surface area contributed by atoms with E-state index in [2.05, 4.69) is 9.97 Å². The van der Waals surface area contributed by atoms with Crippen molar-refractivity contribution >= 4 is 23.2 Å². The van der Waals surface area contributed by atoms with Crippen molar-refractivity contribution in [3.8, 4) is 5.88 Å². The molecule has 2 rings (SSSR count). The highest BCUT2D eigenvalue weighted by molar-refractivity contribution is 5.97. The zero-order valence-corrected chi connectivity index (χ0v) is 14.3. The van der Waals surface area contributed by atoms with Gasteiger partial charge >= 0.3 is 11.7 Å². The normalized spacial score (nSPS) is 10.4. The molecule has 0 spiro atoms. The number of nitrogens with zero attached hydrogens (tertiary/aromatic N) is 4. The van der Waals surface area contributed by atoms with Gasteiger partial charge in [-0.2, -0.15) is 4.98 Å². The topological polar surface area (TPSA) is 108 Å². The van der Waals surface area contributed by atoms with Crippen LogP contribution in [0.25, 0.3) is 0 Å². The second-order valence-electron chi connectivity index (χ2n) is 5.34. The van der Waals surface area contributed by atoms with Crippen LogP contribution in [0.4, 0.5) is 17.2 Å². The molecule has 0 aliphatic heterocycles. The minimum Gasteiger partial charge on any atom is -0.470 e. The molecule has 25 heavy (non-hydrogen) atoms. The molecule has 0 N–H and O–H groups in total. The molecule has 0 radical (unpaired) electrons. The summed E-state index contributed by atoms with van der Waals surface area (Å²) in [5.41, 5.74) is 0.289. The second-order valence-corrected chi connectivity index (χ2v) is 5.34. The van der Waals surface area contributed by atoms with Crippen LogP contribution < -0.4 is 9.64 Å². The number of rotatable bonds is 6. The Bertz CT molecular complexity index is 794. The van der Waals surface area contributed by atoms with Crippen molar-refractivity contribution in [3.05, 3.63) is 46.3 Å². The quantitative estimate of drug-likeness (QED) is 0.446. The Hall–Kier alpha value is -3.23. The number of nitro groups is 1. The summed E-state index contributed by atoms with van der Waals surface area (Å²) in [5, 5.41) is 11.6. The number of methoxy groups -OCH3 is 1. The maximum Gasteiger partial charge on any atom is 0.373 e. The van der Waals surface area contributed by atoms with E-state index in [4.69, 9.17) is 9.47 Å². The van der Waals surface area contributed by atoms with Gasteiger partial charge in [-0.25, -0.2) is 9.78 Å². The third-order valence-corrected chi connectivity index (χ3v) is 3.29. The number of anilines is 2. The molecular formula is C16H18N4O5. The van der Waals surface area contributed by atoms with Crippen LogP contribution in [0.1, 0.15) is 24.2 Å². The number of ether oxygens (including phenoxy) is 2. The van der Waals surface area contributed by atoms with Crippen molar-refractivity contribution < 1.29 is 19.2 Å². The fourth-order valence-corrected chi connectivity index (χ4v) is 2.23. The summed E-state index contributed by atoms with van der Waals surface area (Å²) in [6.07, 6.45) is 0.881. The van der Waals surface area contributed by atoms with Gasteiger partial charge in [0, 0.05) is 7.05 Å². The van der Waals surface area contributed by atoms with E-state index < -0.39 is 10.9 Å². The highest BCUT2D eigenvalue weighted by atomic mass is 16.6. The molecule has 132 valence electrons. The smallest absolute Gasteiger partial charge is 0.373 e. The molecule has 0 aliphatic carbocycles. The lowest BCUT2D eigenvalue weighted by Crippen LogP contribution is -2.18. The first-order valence-corrected chi connectivity index (χ1v) is 7.44. The van der Waals surface area contributed by atoms with Gasteiger partial charge in [0.1, 0.15) is 6.33 Å². The van der Waals surface area contributed by atoms with Gasteiger partial charge in [-0.05, 0) is 26.0 Å². The molecule has 0 unspecified atom stereocenters. The Morgan fingerprint density at radius 3 is 2.56 bits per heavy atom. The Balaban J connectivity index is 2.59. The lowest BCUT2D eigenvalue weighted by molar-refractivity contribution is -0.385. The molecule has 0 saturated carbocycles. The van der Waals surface area contributed by atoms with Crippen molar-refractivity contribution in [2.75, 3.05) is 19.1 Å². The Morgan fingerprint density at radius 2 is 1.96 bits per heavy atom. The number of carbonyl (C=O) groups excluding carboxylic acids is 1. The van der Waals surface area contributed by atoms with E-state index in [9.17, 15) is 14.9 Å². The van der Waals surface area contributed by atoms with Crippen LogP contribution in [0.2, 0.25) is 0 Å². The molecule has 1 aromatic carbocycles. The van der Waals surface area contributed by atoms with Gasteiger partial charge in [0.2, 0.25) is 5.82 Å². The minimum absolute atomic E-state index is 0.00648. The summed E-state index contributed by atoms with van der Waals surface area (Å²) in [6, 6.07) is 6.58. The number of hydrogen-bond acceptors (Lipinski definition) is 8. The molecule has 0 amide bonds. The number of carbonyl (C=O) groups is 1. The lowest BCUT2D eigenvalue weighted by Gasteiger charge is -2.21. The zero-order chi connectivity index (χ0) is 18.6. The Morgan fingerprint density at radius 1 is 1.28 bits per heavy atom. The zero-order valence-electron chi connectivity index (χ0n) is 14.3. The van der Waals surface area contributed by atoms with Gasteiger partial charge in [0.15, 0.2) is 0 Å². The predicted molar refractivity (Wildman–Crippen MR) is 90.3 cm³/mol. The van der Waals surface area contributed by atoms with E-state index in [-0.39, 0.29) is 29.1 Å². The van der Waals surface area contributed by atoms with E-state index in [1.54, 1.807) is 45.2 Å². The number of hydrogen-bond donors (Lipinski definition) is 0. The highest BCUT2D eigenvalue weighted by Crippen LogP contribution is 2.37. The number of benzene rings is 1. The van der Waals surface area contributed by atoms with Gasteiger partial charge in [0.05, 0.1) is 29.4 Å². The van der Waals surface area contributed by atoms with Crippen LogP contribution in [0.5, 0.6) is 5.88 Å². The summed E-state index contributed by atoms with van der Waals surface area (Å²) in [7, 11) is 2.83. The third-order valence-electron chi connectivity index (χ3n) is 3.29. The SMILES string of the molecule is COC(=O)c1ccccc1N(C)c1ncnc(OC(C)C)c1[N+](=O)[O-]. The fraction of sp³-hybridized carbons (Fsp3) is 0.312. The molecule has 9 nitrogen and oxygen atoms in total. The van der Waals surface area contributed by atoms with Crippen LogP contribution in [0.3, 0.4) is 0 Å². The van der Waals surface area contributed by atoms with Crippen LogP contribution in [-0.4, -0.2) is 41.1 Å². The van der Waals surface area contributed by atoms with E-state index in [0.29, 0.717) is 5.69 Å². The van der Waals surface area contributed by atoms with Crippen molar-refractivity contribution in [1.29, 1.82) is 0 Å². The standard InChI is InChI=1S/C16H18N4O5/c1-10(2)25-15-13(20(22)23)14(17-9-18-15)19(3)12-8-6-5-7-11(12)16(21)24-4/h5-10H,1-4H3. The molecule has 9 heteroatoms. The molecule has 0 bridgehead atoms. The van der Waals surface area contributed by atoms with E-state index in [1.807, 2.05) is 0 Å². The van der Waals surface area contributed by atoms with Crippen LogP contribution in [0.15, 0.2) is 30.6 Å². The maximum absolute atomic E-state index is 12.0. The molecule has 0 atom stereocenters. The number of para-hydroxylation sites is 1. The largest absolute Gasteiger partial charge is 0.470 e. The molecule has 0 saturated heterocycles. The molecular weight excluding hydrogens is 328 g/mol. The summed E-state index contributed by atoms with van der Waals surface area (Å²) < 4.78 is 10.2. The molecule has 1 aromatic heterocycles. The first kappa shape index (κ1) is 18.1. The summed E-state index contributed by atoms with van der Waals surface area (Å²) in [6.45, 7) is 3.48. The Kier molecular flexibility index (Phi) is 5.48. The number of aromatic nitrogens is 2. The van der Waals surface area contributed by atoms with Crippen molar-refractivity contribution in [2.45, 2.75) is 20.0 Å². The van der Waals surface area contributed by atoms with Crippen LogP contribution in [0, 0.1) is 10.1 Å². The highest BCUT2D eigenvalue weighted by Gasteiger charge is 2.29. The van der Waals surface area contributed by atoms with Gasteiger partial charge < -0.3 is 14.4 Å². The lowest BCUT2D eigenvalue weighted by atomic mass is 10.1. The predicted octanol–water partition coefficient (Wildman–Crippen LogP) is 2.73. The molecule has 0 aliphatic rings. The monoisotopic (exact) mass is 346 g/mol. The van der Waals surface area contributed by atoms with Gasteiger partial charge in [0.25, 0.3) is 5.88 Å². The molecule has 0 fully saturated rings. The summed E-state index contributed by atoms with van der Waals surface area (Å²) in [5.74, 6) is -0.683. The first-order chi connectivity index (χ1) is 11.9. The fourth-order valence-electron chi connectivity index (χ4n) is 2.23. The maximum atomic E-state index is 12.0. The van der Waals surface area contributed by atoms with Crippen molar-refractivity contribution in [1.82, 2.24) is 9.97 Å².